The molecule has 0 saturated heterocycles. The fourth-order valence-electron chi connectivity index (χ4n) is 4.27. The average molecular weight is 435 g/mol. The lowest BCUT2D eigenvalue weighted by atomic mass is 9.79. The Balaban J connectivity index is 1.42. The van der Waals surface area contributed by atoms with Crippen molar-refractivity contribution < 1.29 is 13.2 Å². The Hall–Kier alpha value is -3.12. The number of rotatable bonds is 7. The smallest absolute Gasteiger partial charge is 0.261 e. The quantitative estimate of drug-likeness (QED) is 0.565. The fourth-order valence-corrected chi connectivity index (χ4v) is 5.35. The van der Waals surface area contributed by atoms with Crippen LogP contribution in [0.4, 0.5) is 5.69 Å². The predicted octanol–water partition coefficient (Wildman–Crippen LogP) is 4.73. The molecule has 1 saturated carbocycles. The molecular formula is C25H26N2O3S. The maximum Gasteiger partial charge on any atom is 0.261 e. The summed E-state index contributed by atoms with van der Waals surface area (Å²) in [6, 6.07) is 25.1. The molecule has 0 bridgehead atoms. The summed E-state index contributed by atoms with van der Waals surface area (Å²) < 4.78 is 27.4. The number of hydrogen-bond acceptors (Lipinski definition) is 3. The molecule has 2 N–H and O–H groups in total. The molecule has 0 atom stereocenters. The summed E-state index contributed by atoms with van der Waals surface area (Å²) in [5.74, 6) is -0.153. The van der Waals surface area contributed by atoms with Gasteiger partial charge in [0.15, 0.2) is 0 Å². The maximum atomic E-state index is 12.7. The first-order valence-electron chi connectivity index (χ1n) is 10.5. The van der Waals surface area contributed by atoms with Crippen molar-refractivity contribution in [1.82, 2.24) is 5.32 Å². The SMILES string of the molecule is O=C(NCC1(c2ccccc2)CCCC1)c1ccc(NS(=O)(=O)c2ccccc2)cc1. The van der Waals surface area contributed by atoms with E-state index in [2.05, 4.69) is 22.2 Å². The van der Waals surface area contributed by atoms with E-state index < -0.39 is 10.0 Å². The third-order valence-corrected chi connectivity index (χ3v) is 7.38. The molecule has 0 aliphatic heterocycles. The number of anilines is 1. The van der Waals surface area contributed by atoms with E-state index in [1.807, 2.05) is 18.2 Å². The number of hydrogen-bond donors (Lipinski definition) is 2. The average Bonchev–Trinajstić information content (AvgIpc) is 3.29. The molecule has 1 aliphatic carbocycles. The van der Waals surface area contributed by atoms with Crippen LogP contribution in [0.2, 0.25) is 0 Å². The first-order chi connectivity index (χ1) is 15.0. The standard InChI is InChI=1S/C25H26N2O3S/c28-24(26-19-25(17-7-8-18-25)21-9-3-1-4-10-21)20-13-15-22(16-14-20)27-31(29,30)23-11-5-2-6-12-23/h1-6,9-16,27H,7-8,17-19H2,(H,26,28). The Morgan fingerprint density at radius 2 is 1.39 bits per heavy atom. The highest BCUT2D eigenvalue weighted by Gasteiger charge is 2.35. The third kappa shape index (κ3) is 4.80. The van der Waals surface area contributed by atoms with Gasteiger partial charge in [-0.25, -0.2) is 8.42 Å². The molecule has 0 unspecified atom stereocenters. The summed E-state index contributed by atoms with van der Waals surface area (Å²) in [4.78, 5) is 12.9. The first kappa shape index (κ1) is 21.1. The number of nitrogens with one attached hydrogen (secondary N) is 2. The zero-order valence-electron chi connectivity index (χ0n) is 17.3. The van der Waals surface area contributed by atoms with E-state index in [0.29, 0.717) is 17.8 Å². The van der Waals surface area contributed by atoms with Crippen molar-refractivity contribution in [1.29, 1.82) is 0 Å². The van der Waals surface area contributed by atoms with Crippen molar-refractivity contribution in [3.05, 3.63) is 96.1 Å². The van der Waals surface area contributed by atoms with Crippen LogP contribution in [0.5, 0.6) is 0 Å². The van der Waals surface area contributed by atoms with Crippen LogP contribution >= 0.6 is 0 Å². The number of carbonyl (C=O) groups excluding carboxylic acids is 1. The van der Waals surface area contributed by atoms with Crippen molar-refractivity contribution in [2.45, 2.75) is 36.0 Å². The van der Waals surface area contributed by atoms with Gasteiger partial charge >= 0.3 is 0 Å². The molecule has 6 heteroatoms. The van der Waals surface area contributed by atoms with E-state index in [-0.39, 0.29) is 16.2 Å². The van der Waals surface area contributed by atoms with Crippen LogP contribution in [0, 0.1) is 0 Å². The molecule has 31 heavy (non-hydrogen) atoms. The molecule has 160 valence electrons. The summed E-state index contributed by atoms with van der Waals surface area (Å²) >= 11 is 0. The Bertz CT molecular complexity index is 1120. The molecule has 5 nitrogen and oxygen atoms in total. The second-order valence-corrected chi connectivity index (χ2v) is 9.71. The molecule has 1 aliphatic rings. The van der Waals surface area contributed by atoms with Crippen LogP contribution in [0.3, 0.4) is 0 Å². The Morgan fingerprint density at radius 1 is 0.806 bits per heavy atom. The van der Waals surface area contributed by atoms with Crippen LogP contribution in [0.1, 0.15) is 41.6 Å². The van der Waals surface area contributed by atoms with Gasteiger partial charge in [0.25, 0.3) is 15.9 Å². The van der Waals surface area contributed by atoms with Gasteiger partial charge in [-0.3, -0.25) is 9.52 Å². The van der Waals surface area contributed by atoms with Crippen molar-refractivity contribution in [2.75, 3.05) is 11.3 Å². The minimum atomic E-state index is -3.66. The molecule has 0 heterocycles. The molecule has 0 spiro atoms. The molecule has 1 amide bonds. The summed E-state index contributed by atoms with van der Waals surface area (Å²) in [6.45, 7) is 0.595. The number of carbonyl (C=O) groups is 1. The van der Waals surface area contributed by atoms with Crippen LogP contribution in [-0.4, -0.2) is 20.9 Å². The van der Waals surface area contributed by atoms with Gasteiger partial charge in [0.2, 0.25) is 0 Å². The lowest BCUT2D eigenvalue weighted by Gasteiger charge is -2.30. The molecule has 4 rings (SSSR count). The van der Waals surface area contributed by atoms with Gasteiger partial charge in [0.1, 0.15) is 0 Å². The normalized spacial score (nSPS) is 15.4. The molecule has 3 aromatic carbocycles. The van der Waals surface area contributed by atoms with Crippen molar-refractivity contribution in [3.63, 3.8) is 0 Å². The third-order valence-electron chi connectivity index (χ3n) is 5.99. The minimum absolute atomic E-state index is 0.0117. The summed E-state index contributed by atoms with van der Waals surface area (Å²) in [6.07, 6.45) is 4.47. The molecule has 3 aromatic rings. The van der Waals surface area contributed by atoms with E-state index in [4.69, 9.17) is 0 Å². The van der Waals surface area contributed by atoms with Crippen LogP contribution < -0.4 is 10.0 Å². The van der Waals surface area contributed by atoms with Gasteiger partial charge in [-0.15, -0.1) is 0 Å². The van der Waals surface area contributed by atoms with Gasteiger partial charge < -0.3 is 5.32 Å². The van der Waals surface area contributed by atoms with Crippen LogP contribution in [-0.2, 0) is 15.4 Å². The Morgan fingerprint density at radius 3 is 2.00 bits per heavy atom. The van der Waals surface area contributed by atoms with E-state index in [0.717, 1.165) is 12.8 Å². The van der Waals surface area contributed by atoms with E-state index in [1.54, 1.807) is 42.5 Å². The number of benzene rings is 3. The van der Waals surface area contributed by atoms with Crippen molar-refractivity contribution >= 4 is 21.6 Å². The van der Waals surface area contributed by atoms with E-state index >= 15 is 0 Å². The highest BCUT2D eigenvalue weighted by Crippen LogP contribution is 2.40. The monoisotopic (exact) mass is 434 g/mol. The Labute approximate surface area is 183 Å². The summed E-state index contributed by atoms with van der Waals surface area (Å²) in [5.41, 5.74) is 2.18. The zero-order valence-corrected chi connectivity index (χ0v) is 18.1. The minimum Gasteiger partial charge on any atom is -0.351 e. The van der Waals surface area contributed by atoms with Crippen LogP contribution in [0.15, 0.2) is 89.8 Å². The van der Waals surface area contributed by atoms with Gasteiger partial charge in [-0.05, 0) is 54.8 Å². The lowest BCUT2D eigenvalue weighted by molar-refractivity contribution is 0.0943. The Kier molecular flexibility index (Phi) is 6.09. The molecule has 0 radical (unpaired) electrons. The fraction of sp³-hybridized carbons (Fsp3) is 0.240. The zero-order chi connectivity index (χ0) is 21.7. The van der Waals surface area contributed by atoms with E-state index in [1.165, 1.54) is 30.5 Å². The predicted molar refractivity (Wildman–Crippen MR) is 123 cm³/mol. The van der Waals surface area contributed by atoms with Gasteiger partial charge in [-0.1, -0.05) is 61.4 Å². The summed E-state index contributed by atoms with van der Waals surface area (Å²) in [7, 11) is -3.66. The first-order valence-corrected chi connectivity index (χ1v) is 12.0. The summed E-state index contributed by atoms with van der Waals surface area (Å²) in [5, 5.41) is 3.10. The van der Waals surface area contributed by atoms with Crippen molar-refractivity contribution in [2.24, 2.45) is 0 Å². The highest BCUT2D eigenvalue weighted by molar-refractivity contribution is 7.92. The number of sulfonamides is 1. The van der Waals surface area contributed by atoms with Crippen molar-refractivity contribution in [3.8, 4) is 0 Å². The maximum absolute atomic E-state index is 12.7. The molecule has 1 fully saturated rings. The largest absolute Gasteiger partial charge is 0.351 e. The van der Waals surface area contributed by atoms with E-state index in [9.17, 15) is 13.2 Å². The van der Waals surface area contributed by atoms with Gasteiger partial charge in [-0.2, -0.15) is 0 Å². The second kappa shape index (κ2) is 8.94. The lowest BCUT2D eigenvalue weighted by Crippen LogP contribution is -2.39. The highest BCUT2D eigenvalue weighted by atomic mass is 32.2. The number of amides is 1. The van der Waals surface area contributed by atoms with Gasteiger partial charge in [0.05, 0.1) is 4.90 Å². The van der Waals surface area contributed by atoms with Gasteiger partial charge in [0, 0.05) is 23.2 Å². The molecular weight excluding hydrogens is 408 g/mol. The topological polar surface area (TPSA) is 75.3 Å². The van der Waals surface area contributed by atoms with Crippen LogP contribution in [0.25, 0.3) is 0 Å². The second-order valence-electron chi connectivity index (χ2n) is 8.03. The molecule has 0 aromatic heterocycles.